The highest BCUT2D eigenvalue weighted by atomic mass is 16.4. The number of rotatable bonds is 6. The summed E-state index contributed by atoms with van der Waals surface area (Å²) in [6.07, 6.45) is 3.63. The van der Waals surface area contributed by atoms with Gasteiger partial charge in [0, 0.05) is 37.4 Å². The molecule has 2 amide bonds. The van der Waals surface area contributed by atoms with Crippen molar-refractivity contribution in [3.63, 3.8) is 0 Å². The van der Waals surface area contributed by atoms with Gasteiger partial charge in [0.2, 0.25) is 0 Å². The van der Waals surface area contributed by atoms with E-state index < -0.39 is 5.97 Å². The fourth-order valence-corrected chi connectivity index (χ4v) is 2.04. The average Bonchev–Trinajstić information content (AvgIpc) is 3.17. The van der Waals surface area contributed by atoms with Gasteiger partial charge >= 0.3 is 12.0 Å². The van der Waals surface area contributed by atoms with Crippen molar-refractivity contribution in [1.29, 1.82) is 0 Å². The number of aromatic nitrogens is 2. The van der Waals surface area contributed by atoms with Crippen LogP contribution in [0, 0.1) is 6.92 Å². The van der Waals surface area contributed by atoms with Crippen molar-refractivity contribution in [3.8, 4) is 0 Å². The van der Waals surface area contributed by atoms with Gasteiger partial charge in [0.15, 0.2) is 0 Å². The maximum atomic E-state index is 12.1. The van der Waals surface area contributed by atoms with Crippen LogP contribution < -0.4 is 5.32 Å². The average molecular weight is 280 g/mol. The Kier molecular flexibility index (Phi) is 4.26. The Morgan fingerprint density at radius 1 is 1.55 bits per heavy atom. The number of amides is 2. The number of carboxylic acid groups (broad SMARTS) is 1. The minimum atomic E-state index is -0.883. The highest BCUT2D eigenvalue weighted by molar-refractivity contribution is 5.76. The predicted molar refractivity (Wildman–Crippen MR) is 72.2 cm³/mol. The van der Waals surface area contributed by atoms with Crippen LogP contribution in [0.15, 0.2) is 6.20 Å². The van der Waals surface area contributed by atoms with Crippen molar-refractivity contribution < 1.29 is 14.7 Å². The molecule has 2 N–H and O–H groups in total. The van der Waals surface area contributed by atoms with Crippen LogP contribution in [0.3, 0.4) is 0 Å². The van der Waals surface area contributed by atoms with Gasteiger partial charge in [0.1, 0.15) is 0 Å². The Labute approximate surface area is 117 Å². The van der Waals surface area contributed by atoms with Crippen LogP contribution in [0.4, 0.5) is 4.79 Å². The molecule has 2 rings (SSSR count). The molecule has 1 aromatic rings. The number of urea groups is 1. The second-order valence-corrected chi connectivity index (χ2v) is 5.11. The first-order valence-electron chi connectivity index (χ1n) is 6.72. The van der Waals surface area contributed by atoms with Gasteiger partial charge in [-0.05, 0) is 19.8 Å². The Balaban J connectivity index is 1.88. The molecule has 1 aliphatic carbocycles. The molecule has 0 spiro atoms. The third kappa shape index (κ3) is 3.49. The summed E-state index contributed by atoms with van der Waals surface area (Å²) in [5, 5.41) is 15.7. The summed E-state index contributed by atoms with van der Waals surface area (Å²) in [4.78, 5) is 24.4. The number of carbonyl (C=O) groups is 2. The Hall–Kier alpha value is -2.05. The minimum absolute atomic E-state index is 0.0180. The maximum absolute atomic E-state index is 12.1. The minimum Gasteiger partial charge on any atom is -0.481 e. The Morgan fingerprint density at radius 3 is 2.75 bits per heavy atom. The maximum Gasteiger partial charge on any atom is 0.317 e. The number of aliphatic carboxylic acids is 1. The molecule has 0 bridgehead atoms. The molecule has 0 unspecified atom stereocenters. The van der Waals surface area contributed by atoms with E-state index in [2.05, 4.69) is 10.4 Å². The van der Waals surface area contributed by atoms with Crippen LogP contribution in [0.2, 0.25) is 0 Å². The van der Waals surface area contributed by atoms with Gasteiger partial charge in [-0.15, -0.1) is 0 Å². The highest BCUT2D eigenvalue weighted by Crippen LogP contribution is 2.27. The molecule has 1 fully saturated rings. The summed E-state index contributed by atoms with van der Waals surface area (Å²) in [7, 11) is 1.85. The molecule has 1 aromatic heterocycles. The molecule has 0 saturated heterocycles. The van der Waals surface area contributed by atoms with Gasteiger partial charge in [-0.2, -0.15) is 5.10 Å². The van der Waals surface area contributed by atoms with Crippen molar-refractivity contribution in [3.05, 3.63) is 17.5 Å². The van der Waals surface area contributed by atoms with E-state index in [0.29, 0.717) is 6.54 Å². The molecule has 20 heavy (non-hydrogen) atoms. The zero-order chi connectivity index (χ0) is 14.7. The van der Waals surface area contributed by atoms with Crippen molar-refractivity contribution in [2.45, 2.75) is 38.8 Å². The van der Waals surface area contributed by atoms with E-state index in [4.69, 9.17) is 5.11 Å². The predicted octanol–water partition coefficient (Wildman–Crippen LogP) is 0.877. The largest absolute Gasteiger partial charge is 0.481 e. The fraction of sp³-hybridized carbons (Fsp3) is 0.615. The van der Waals surface area contributed by atoms with Gasteiger partial charge in [-0.3, -0.25) is 9.48 Å². The molecule has 7 nitrogen and oxygen atoms in total. The van der Waals surface area contributed by atoms with E-state index in [9.17, 15) is 9.59 Å². The summed E-state index contributed by atoms with van der Waals surface area (Å²) in [5.74, 6) is -0.883. The van der Waals surface area contributed by atoms with E-state index >= 15 is 0 Å². The SMILES string of the molecule is Cc1c(CNC(=O)N(CCC(=O)O)C2CC2)cnn1C. The quantitative estimate of drug-likeness (QED) is 0.809. The number of carboxylic acids is 1. The Bertz CT molecular complexity index is 508. The van der Waals surface area contributed by atoms with Crippen molar-refractivity contribution in [1.82, 2.24) is 20.0 Å². The van der Waals surface area contributed by atoms with Crippen LogP contribution in [0.5, 0.6) is 0 Å². The van der Waals surface area contributed by atoms with E-state index in [1.54, 1.807) is 15.8 Å². The van der Waals surface area contributed by atoms with Crippen LogP contribution in [0.1, 0.15) is 30.5 Å². The van der Waals surface area contributed by atoms with E-state index in [-0.39, 0.29) is 25.0 Å². The smallest absolute Gasteiger partial charge is 0.317 e. The summed E-state index contributed by atoms with van der Waals surface area (Å²) in [6, 6.07) is 0.00125. The first kappa shape index (κ1) is 14.4. The second kappa shape index (κ2) is 5.94. The first-order valence-corrected chi connectivity index (χ1v) is 6.72. The molecule has 110 valence electrons. The highest BCUT2D eigenvalue weighted by Gasteiger charge is 2.32. The number of hydrogen-bond donors (Lipinski definition) is 2. The van der Waals surface area contributed by atoms with Crippen molar-refractivity contribution >= 4 is 12.0 Å². The van der Waals surface area contributed by atoms with E-state index in [0.717, 1.165) is 24.1 Å². The number of aryl methyl sites for hydroxylation is 1. The van der Waals surface area contributed by atoms with Gasteiger partial charge in [-0.1, -0.05) is 0 Å². The summed E-state index contributed by atoms with van der Waals surface area (Å²) >= 11 is 0. The van der Waals surface area contributed by atoms with Crippen LogP contribution in [0.25, 0.3) is 0 Å². The third-order valence-corrected chi connectivity index (χ3v) is 3.58. The molecule has 7 heteroatoms. The van der Waals surface area contributed by atoms with E-state index in [1.165, 1.54) is 0 Å². The lowest BCUT2D eigenvalue weighted by Gasteiger charge is -2.22. The van der Waals surface area contributed by atoms with Gasteiger partial charge in [-0.25, -0.2) is 4.79 Å². The summed E-state index contributed by atoms with van der Waals surface area (Å²) < 4.78 is 1.75. The van der Waals surface area contributed by atoms with Crippen molar-refractivity contribution in [2.75, 3.05) is 6.54 Å². The van der Waals surface area contributed by atoms with Crippen LogP contribution >= 0.6 is 0 Å². The normalized spacial score (nSPS) is 14.1. The Morgan fingerprint density at radius 2 is 2.25 bits per heavy atom. The topological polar surface area (TPSA) is 87.5 Å². The van der Waals surface area contributed by atoms with Crippen molar-refractivity contribution in [2.24, 2.45) is 7.05 Å². The zero-order valence-electron chi connectivity index (χ0n) is 11.8. The molecular weight excluding hydrogens is 260 g/mol. The van der Waals surface area contributed by atoms with Gasteiger partial charge in [0.05, 0.1) is 12.6 Å². The third-order valence-electron chi connectivity index (χ3n) is 3.58. The molecule has 0 aliphatic heterocycles. The lowest BCUT2D eigenvalue weighted by molar-refractivity contribution is -0.137. The molecule has 1 aliphatic rings. The number of nitrogens with one attached hydrogen (secondary N) is 1. The van der Waals surface area contributed by atoms with Crippen LogP contribution in [-0.2, 0) is 18.4 Å². The molecule has 1 heterocycles. The number of hydrogen-bond acceptors (Lipinski definition) is 3. The summed E-state index contributed by atoms with van der Waals surface area (Å²) in [6.45, 7) is 2.62. The molecule has 0 aromatic carbocycles. The molecule has 1 saturated carbocycles. The fourth-order valence-electron chi connectivity index (χ4n) is 2.04. The molecular formula is C13H20N4O3. The second-order valence-electron chi connectivity index (χ2n) is 5.11. The first-order chi connectivity index (χ1) is 9.49. The van der Waals surface area contributed by atoms with Crippen LogP contribution in [-0.4, -0.2) is 44.4 Å². The standard InChI is InChI=1S/C13H20N4O3/c1-9-10(8-15-16(9)2)7-14-13(20)17(11-3-4-11)6-5-12(18)19/h8,11H,3-7H2,1-2H3,(H,14,20)(H,18,19). The lowest BCUT2D eigenvalue weighted by atomic mass is 10.2. The summed E-state index contributed by atoms with van der Waals surface area (Å²) in [5.41, 5.74) is 1.98. The number of carbonyl (C=O) groups excluding carboxylic acids is 1. The number of nitrogens with zero attached hydrogens (tertiary/aromatic N) is 3. The molecule has 0 radical (unpaired) electrons. The molecule has 0 atom stereocenters. The lowest BCUT2D eigenvalue weighted by Crippen LogP contribution is -2.42. The van der Waals surface area contributed by atoms with Gasteiger partial charge in [0.25, 0.3) is 0 Å². The monoisotopic (exact) mass is 280 g/mol. The zero-order valence-corrected chi connectivity index (χ0v) is 11.8. The van der Waals surface area contributed by atoms with Gasteiger partial charge < -0.3 is 15.3 Å². The van der Waals surface area contributed by atoms with E-state index in [1.807, 2.05) is 14.0 Å².